The van der Waals surface area contributed by atoms with Gasteiger partial charge in [-0.3, -0.25) is 0 Å². The van der Waals surface area contributed by atoms with Crippen LogP contribution in [0.25, 0.3) is 0 Å². The van der Waals surface area contributed by atoms with Gasteiger partial charge in [-0.1, -0.05) is 30.9 Å². The van der Waals surface area contributed by atoms with Gasteiger partial charge in [-0.2, -0.15) is 13.2 Å². The van der Waals surface area contributed by atoms with E-state index in [2.05, 4.69) is 10.3 Å². The van der Waals surface area contributed by atoms with Gasteiger partial charge in [-0.05, 0) is 18.9 Å². The third-order valence-electron chi connectivity index (χ3n) is 4.95. The predicted molar refractivity (Wildman–Crippen MR) is 93.4 cm³/mol. The van der Waals surface area contributed by atoms with Gasteiger partial charge in [0.05, 0.1) is 10.6 Å². The highest BCUT2D eigenvalue weighted by atomic mass is 35.5. The van der Waals surface area contributed by atoms with E-state index in [0.717, 1.165) is 37.9 Å². The summed E-state index contributed by atoms with van der Waals surface area (Å²) in [7, 11) is 0. The van der Waals surface area contributed by atoms with Crippen molar-refractivity contribution in [2.75, 3.05) is 31.1 Å². The van der Waals surface area contributed by atoms with Crippen LogP contribution in [0.4, 0.5) is 23.8 Å². The number of aromatic nitrogens is 1. The fraction of sp³-hybridized carbons (Fsp3) is 0.647. The molecule has 0 bridgehead atoms. The van der Waals surface area contributed by atoms with E-state index < -0.39 is 11.7 Å². The first-order valence-electron chi connectivity index (χ1n) is 8.88. The second kappa shape index (κ2) is 7.90. The molecule has 1 aliphatic carbocycles. The molecule has 9 heteroatoms. The largest absolute Gasteiger partial charge is 0.417 e. The average Bonchev–Trinajstić information content (AvgIpc) is 2.62. The number of hydrogen-bond acceptors (Lipinski definition) is 3. The summed E-state index contributed by atoms with van der Waals surface area (Å²) in [5, 5.41) is 3.05. The molecule has 2 heterocycles. The molecule has 26 heavy (non-hydrogen) atoms. The van der Waals surface area contributed by atoms with Crippen LogP contribution in [0.1, 0.15) is 37.7 Å². The van der Waals surface area contributed by atoms with Gasteiger partial charge in [-0.25, -0.2) is 9.78 Å². The fourth-order valence-corrected chi connectivity index (χ4v) is 3.74. The molecule has 1 aromatic rings. The van der Waals surface area contributed by atoms with Crippen molar-refractivity contribution in [3.05, 3.63) is 22.8 Å². The zero-order valence-corrected chi connectivity index (χ0v) is 15.1. The summed E-state index contributed by atoms with van der Waals surface area (Å²) in [6, 6.07) is 1.08. The number of carbonyl (C=O) groups excluding carboxylic acids is 1. The number of pyridine rings is 1. The van der Waals surface area contributed by atoms with Gasteiger partial charge < -0.3 is 15.1 Å². The lowest BCUT2D eigenvalue weighted by Gasteiger charge is -2.36. The molecule has 1 aliphatic heterocycles. The van der Waals surface area contributed by atoms with E-state index in [1.807, 2.05) is 4.90 Å². The van der Waals surface area contributed by atoms with Crippen LogP contribution in [-0.4, -0.2) is 48.1 Å². The minimum atomic E-state index is -4.47. The summed E-state index contributed by atoms with van der Waals surface area (Å²) in [6.07, 6.45) is 1.90. The summed E-state index contributed by atoms with van der Waals surface area (Å²) in [6.45, 7) is 1.93. The molecule has 1 N–H and O–H groups in total. The molecular formula is C17H22ClF3N4O. The number of urea groups is 1. The van der Waals surface area contributed by atoms with Crippen LogP contribution in [0.15, 0.2) is 12.3 Å². The lowest BCUT2D eigenvalue weighted by atomic mass is 9.96. The summed E-state index contributed by atoms with van der Waals surface area (Å²) < 4.78 is 38.1. The van der Waals surface area contributed by atoms with Crippen LogP contribution in [0.2, 0.25) is 5.02 Å². The number of piperazine rings is 1. The van der Waals surface area contributed by atoms with Gasteiger partial charge in [0, 0.05) is 38.4 Å². The first-order valence-corrected chi connectivity index (χ1v) is 9.25. The molecule has 0 atom stereocenters. The number of nitrogens with zero attached hydrogens (tertiary/aromatic N) is 3. The molecular weight excluding hydrogens is 369 g/mol. The summed E-state index contributed by atoms with van der Waals surface area (Å²) in [4.78, 5) is 19.8. The van der Waals surface area contributed by atoms with Gasteiger partial charge >= 0.3 is 12.2 Å². The second-order valence-corrected chi connectivity index (χ2v) is 7.19. The maximum absolute atomic E-state index is 12.7. The van der Waals surface area contributed by atoms with Gasteiger partial charge in [0.1, 0.15) is 5.82 Å². The topological polar surface area (TPSA) is 48.5 Å². The van der Waals surface area contributed by atoms with E-state index in [1.165, 1.54) is 6.42 Å². The van der Waals surface area contributed by atoms with Crippen LogP contribution in [-0.2, 0) is 6.18 Å². The highest BCUT2D eigenvalue weighted by Crippen LogP contribution is 2.33. The zero-order valence-electron chi connectivity index (χ0n) is 14.4. The van der Waals surface area contributed by atoms with Crippen molar-refractivity contribution in [3.8, 4) is 0 Å². The van der Waals surface area contributed by atoms with Crippen molar-refractivity contribution in [2.24, 2.45) is 0 Å². The van der Waals surface area contributed by atoms with E-state index in [4.69, 9.17) is 11.6 Å². The molecule has 1 aromatic heterocycles. The van der Waals surface area contributed by atoms with E-state index in [-0.39, 0.29) is 17.1 Å². The molecule has 2 fully saturated rings. The highest BCUT2D eigenvalue weighted by molar-refractivity contribution is 6.33. The zero-order chi connectivity index (χ0) is 18.7. The minimum absolute atomic E-state index is 0.0278. The molecule has 0 unspecified atom stereocenters. The monoisotopic (exact) mass is 390 g/mol. The molecule has 0 aromatic carbocycles. The normalized spacial score (nSPS) is 19.5. The number of hydrogen-bond donors (Lipinski definition) is 1. The van der Waals surface area contributed by atoms with E-state index in [1.54, 1.807) is 4.90 Å². The number of carbonyl (C=O) groups is 1. The number of amides is 2. The van der Waals surface area contributed by atoms with Crippen LogP contribution in [0, 0.1) is 0 Å². The Morgan fingerprint density at radius 1 is 1.15 bits per heavy atom. The lowest BCUT2D eigenvalue weighted by molar-refractivity contribution is -0.137. The Bertz CT molecular complexity index is 641. The van der Waals surface area contributed by atoms with Crippen LogP contribution in [0.3, 0.4) is 0 Å². The molecule has 1 saturated heterocycles. The Kier molecular flexibility index (Phi) is 5.79. The van der Waals surface area contributed by atoms with Crippen LogP contribution >= 0.6 is 11.6 Å². The summed E-state index contributed by atoms with van der Waals surface area (Å²) in [5.74, 6) is 0.326. The number of rotatable bonds is 2. The Balaban J connectivity index is 1.55. The van der Waals surface area contributed by atoms with E-state index in [0.29, 0.717) is 32.0 Å². The SMILES string of the molecule is O=C(NC1CCCCC1)N1CCN(c2ncc(C(F)(F)F)cc2Cl)CC1. The maximum atomic E-state index is 12.7. The quantitative estimate of drug-likeness (QED) is 0.832. The maximum Gasteiger partial charge on any atom is 0.417 e. The number of anilines is 1. The predicted octanol–water partition coefficient (Wildman–Crippen LogP) is 3.92. The Labute approximate surface area is 155 Å². The lowest BCUT2D eigenvalue weighted by Crippen LogP contribution is -2.54. The molecule has 3 rings (SSSR count). The second-order valence-electron chi connectivity index (χ2n) is 6.79. The smallest absolute Gasteiger partial charge is 0.352 e. The van der Waals surface area contributed by atoms with Gasteiger partial charge in [0.15, 0.2) is 0 Å². The molecule has 5 nitrogen and oxygen atoms in total. The van der Waals surface area contributed by atoms with Crippen LogP contribution in [0.5, 0.6) is 0 Å². The van der Waals surface area contributed by atoms with Crippen molar-refractivity contribution in [1.82, 2.24) is 15.2 Å². The van der Waals surface area contributed by atoms with Gasteiger partial charge in [-0.15, -0.1) is 0 Å². The molecule has 1 saturated carbocycles. The number of alkyl halides is 3. The molecule has 0 radical (unpaired) electrons. The minimum Gasteiger partial charge on any atom is -0.352 e. The third kappa shape index (κ3) is 4.52. The Morgan fingerprint density at radius 2 is 1.81 bits per heavy atom. The first kappa shape index (κ1) is 19.1. The number of halogens is 4. The van der Waals surface area contributed by atoms with E-state index >= 15 is 0 Å². The van der Waals surface area contributed by atoms with Crippen molar-refractivity contribution < 1.29 is 18.0 Å². The van der Waals surface area contributed by atoms with Crippen molar-refractivity contribution in [2.45, 2.75) is 44.3 Å². The van der Waals surface area contributed by atoms with Crippen LogP contribution < -0.4 is 10.2 Å². The van der Waals surface area contributed by atoms with Crippen molar-refractivity contribution in [3.63, 3.8) is 0 Å². The van der Waals surface area contributed by atoms with Crippen molar-refractivity contribution >= 4 is 23.4 Å². The highest BCUT2D eigenvalue weighted by Gasteiger charge is 2.32. The standard InChI is InChI=1S/C17H22ClF3N4O/c18-14-10-12(17(19,20)21)11-22-15(14)24-6-8-25(9-7-24)16(26)23-13-4-2-1-3-5-13/h10-11,13H,1-9H2,(H,23,26). The molecule has 0 spiro atoms. The van der Waals surface area contributed by atoms with Gasteiger partial charge in [0.25, 0.3) is 0 Å². The third-order valence-corrected chi connectivity index (χ3v) is 5.23. The molecule has 2 aliphatic rings. The summed E-state index contributed by atoms with van der Waals surface area (Å²) in [5.41, 5.74) is -0.864. The summed E-state index contributed by atoms with van der Waals surface area (Å²) >= 11 is 6.00. The Morgan fingerprint density at radius 3 is 2.38 bits per heavy atom. The Hall–Kier alpha value is -1.70. The number of nitrogens with one attached hydrogen (secondary N) is 1. The van der Waals surface area contributed by atoms with E-state index in [9.17, 15) is 18.0 Å². The fourth-order valence-electron chi connectivity index (χ4n) is 3.45. The van der Waals surface area contributed by atoms with Crippen molar-refractivity contribution in [1.29, 1.82) is 0 Å². The van der Waals surface area contributed by atoms with Gasteiger partial charge in [0.2, 0.25) is 0 Å². The molecule has 144 valence electrons. The first-order chi connectivity index (χ1) is 12.3. The average molecular weight is 391 g/mol. The molecule has 2 amide bonds.